The maximum atomic E-state index is 12.6. The third-order valence-corrected chi connectivity index (χ3v) is 6.40. The quantitative estimate of drug-likeness (QED) is 0.512. The topological polar surface area (TPSA) is 94.1 Å². The number of benzene rings is 2. The molecule has 7 nitrogen and oxygen atoms in total. The molecule has 2 aromatic carbocycles. The highest BCUT2D eigenvalue weighted by atomic mass is 32.2. The highest BCUT2D eigenvalue weighted by molar-refractivity contribution is 7.92. The molecule has 0 bridgehead atoms. The number of pyridine rings is 1. The first-order chi connectivity index (χ1) is 15.1. The van der Waals surface area contributed by atoms with Crippen LogP contribution >= 0.6 is 0 Å². The minimum Gasteiger partial charge on any atom is -0.500 e. The van der Waals surface area contributed by atoms with Crippen LogP contribution in [-0.2, 0) is 14.8 Å². The van der Waals surface area contributed by atoms with E-state index in [9.17, 15) is 8.42 Å². The normalized spacial score (nSPS) is 15.7. The van der Waals surface area contributed by atoms with Crippen molar-refractivity contribution in [1.82, 2.24) is 15.0 Å². The monoisotopic (exact) mass is 430 g/mol. The molecule has 0 spiro atoms. The van der Waals surface area contributed by atoms with Crippen molar-refractivity contribution in [3.8, 4) is 11.1 Å². The number of fused-ring (bicyclic) bond motifs is 1. The molecule has 154 valence electrons. The van der Waals surface area contributed by atoms with E-state index in [0.29, 0.717) is 12.3 Å². The minimum absolute atomic E-state index is 0.0953. The van der Waals surface area contributed by atoms with Gasteiger partial charge in [0.25, 0.3) is 10.0 Å². The van der Waals surface area contributed by atoms with Gasteiger partial charge in [0.1, 0.15) is 0 Å². The number of sulfonamides is 1. The summed E-state index contributed by atoms with van der Waals surface area (Å²) >= 11 is 0. The average Bonchev–Trinajstić information content (AvgIpc) is 3.34. The van der Waals surface area contributed by atoms with Gasteiger partial charge in [-0.2, -0.15) is 0 Å². The van der Waals surface area contributed by atoms with Crippen LogP contribution in [0.15, 0.2) is 90.4 Å². The van der Waals surface area contributed by atoms with Crippen molar-refractivity contribution in [2.75, 3.05) is 11.3 Å². The molecule has 0 fully saturated rings. The second-order valence-corrected chi connectivity index (χ2v) is 8.83. The van der Waals surface area contributed by atoms with E-state index in [1.165, 1.54) is 6.20 Å². The number of nitrogens with one attached hydrogen (secondary N) is 1. The highest BCUT2D eigenvalue weighted by Crippen LogP contribution is 2.27. The third kappa shape index (κ3) is 3.97. The molecule has 0 saturated carbocycles. The largest absolute Gasteiger partial charge is 0.500 e. The lowest BCUT2D eigenvalue weighted by molar-refractivity contribution is 0.268. The van der Waals surface area contributed by atoms with Gasteiger partial charge in [0.2, 0.25) is 0 Å². The zero-order valence-corrected chi connectivity index (χ0v) is 17.2. The first-order valence-corrected chi connectivity index (χ1v) is 11.2. The fourth-order valence-corrected chi connectivity index (χ4v) is 4.46. The van der Waals surface area contributed by atoms with E-state index in [-0.39, 0.29) is 10.8 Å². The van der Waals surface area contributed by atoms with E-state index in [2.05, 4.69) is 14.7 Å². The molecule has 0 radical (unpaired) electrons. The molecule has 31 heavy (non-hydrogen) atoms. The molecule has 8 heteroatoms. The Morgan fingerprint density at radius 3 is 2.61 bits per heavy atom. The van der Waals surface area contributed by atoms with E-state index in [1.54, 1.807) is 55.1 Å². The number of nitrogens with zero attached hydrogens (tertiary/aromatic N) is 3. The molecule has 0 saturated heterocycles. The average molecular weight is 430 g/mol. The van der Waals surface area contributed by atoms with Crippen LogP contribution in [0.5, 0.6) is 0 Å². The number of aromatic nitrogens is 3. The van der Waals surface area contributed by atoms with Crippen LogP contribution < -0.4 is 4.72 Å². The fourth-order valence-electron chi connectivity index (χ4n) is 3.40. The van der Waals surface area contributed by atoms with Crippen molar-refractivity contribution in [2.24, 2.45) is 0 Å². The molecule has 3 heterocycles. The molecule has 0 amide bonds. The number of hydrogen-bond acceptors (Lipinski definition) is 6. The lowest BCUT2D eigenvalue weighted by atomic mass is 10.1. The van der Waals surface area contributed by atoms with E-state index < -0.39 is 10.0 Å². The second-order valence-electron chi connectivity index (χ2n) is 7.15. The molecule has 1 aliphatic heterocycles. The Labute approximate surface area is 179 Å². The summed E-state index contributed by atoms with van der Waals surface area (Å²) < 4.78 is 33.1. The molecule has 0 aliphatic carbocycles. The van der Waals surface area contributed by atoms with E-state index >= 15 is 0 Å². The van der Waals surface area contributed by atoms with Crippen molar-refractivity contribution < 1.29 is 13.2 Å². The van der Waals surface area contributed by atoms with Crippen LogP contribution in [-0.4, -0.2) is 30.0 Å². The molecular formula is C23H18N4O3S. The number of hydrogen-bond donors (Lipinski definition) is 1. The van der Waals surface area contributed by atoms with Gasteiger partial charge >= 0.3 is 0 Å². The van der Waals surface area contributed by atoms with Crippen molar-refractivity contribution in [2.45, 2.75) is 10.8 Å². The van der Waals surface area contributed by atoms with Crippen molar-refractivity contribution in [3.63, 3.8) is 0 Å². The first-order valence-electron chi connectivity index (χ1n) is 9.67. The molecular weight excluding hydrogens is 412 g/mol. The summed E-state index contributed by atoms with van der Waals surface area (Å²) in [4.78, 5) is 13.6. The molecule has 1 N–H and O–H groups in total. The predicted molar refractivity (Wildman–Crippen MR) is 118 cm³/mol. The van der Waals surface area contributed by atoms with E-state index in [1.807, 2.05) is 24.3 Å². The lowest BCUT2D eigenvalue weighted by Crippen LogP contribution is -2.12. The van der Waals surface area contributed by atoms with Gasteiger partial charge in [-0.05, 0) is 42.0 Å². The summed E-state index contributed by atoms with van der Waals surface area (Å²) in [6.07, 6.45) is 8.58. The maximum Gasteiger partial charge on any atom is 0.261 e. The Morgan fingerprint density at radius 2 is 1.81 bits per heavy atom. The van der Waals surface area contributed by atoms with Gasteiger partial charge in [0, 0.05) is 18.0 Å². The summed E-state index contributed by atoms with van der Waals surface area (Å²) in [7, 11) is -3.69. The van der Waals surface area contributed by atoms with Gasteiger partial charge < -0.3 is 4.74 Å². The van der Waals surface area contributed by atoms with Crippen LogP contribution in [0.2, 0.25) is 0 Å². The van der Waals surface area contributed by atoms with Gasteiger partial charge in [-0.15, -0.1) is 0 Å². The summed E-state index contributed by atoms with van der Waals surface area (Å²) in [6.45, 7) is 0.563. The molecule has 4 aromatic rings. The Morgan fingerprint density at radius 1 is 0.935 bits per heavy atom. The molecule has 1 atom stereocenters. The Hall–Kier alpha value is -3.78. The van der Waals surface area contributed by atoms with E-state index in [0.717, 1.165) is 27.9 Å². The van der Waals surface area contributed by atoms with Crippen molar-refractivity contribution in [1.29, 1.82) is 0 Å². The fraction of sp³-hybridized carbons (Fsp3) is 0.0870. The Balaban J connectivity index is 1.47. The highest BCUT2D eigenvalue weighted by Gasteiger charge is 2.16. The molecule has 5 rings (SSSR count). The van der Waals surface area contributed by atoms with Gasteiger partial charge in [-0.25, -0.2) is 13.4 Å². The minimum atomic E-state index is -3.69. The smallest absolute Gasteiger partial charge is 0.261 e. The van der Waals surface area contributed by atoms with Gasteiger partial charge in [0.05, 0.1) is 52.3 Å². The van der Waals surface area contributed by atoms with Gasteiger partial charge in [-0.3, -0.25) is 14.7 Å². The SMILES string of the molecule is O=S(=O)(Nc1cncc(-c2ccc3ncc(C4C=COC4)nc3c2)c1)c1ccccc1. The number of ether oxygens (including phenoxy) is 1. The van der Waals surface area contributed by atoms with Crippen LogP contribution in [0.25, 0.3) is 22.2 Å². The number of rotatable bonds is 5. The summed E-state index contributed by atoms with van der Waals surface area (Å²) in [5.41, 5.74) is 4.40. The molecule has 2 aromatic heterocycles. The van der Waals surface area contributed by atoms with Crippen molar-refractivity contribution in [3.05, 3.63) is 91.2 Å². The van der Waals surface area contributed by atoms with Crippen LogP contribution in [0, 0.1) is 0 Å². The lowest BCUT2D eigenvalue weighted by Gasteiger charge is -2.10. The third-order valence-electron chi connectivity index (χ3n) is 5.00. The predicted octanol–water partition coefficient (Wildman–Crippen LogP) is 4.12. The summed E-state index contributed by atoms with van der Waals surface area (Å²) in [5, 5.41) is 0. The second kappa shape index (κ2) is 7.81. The summed E-state index contributed by atoms with van der Waals surface area (Å²) in [5.74, 6) is 0.0953. The van der Waals surface area contributed by atoms with Crippen LogP contribution in [0.4, 0.5) is 5.69 Å². The zero-order chi connectivity index (χ0) is 21.3. The summed E-state index contributed by atoms with van der Waals surface area (Å²) in [6, 6.07) is 15.7. The van der Waals surface area contributed by atoms with Crippen LogP contribution in [0.3, 0.4) is 0 Å². The van der Waals surface area contributed by atoms with Crippen LogP contribution in [0.1, 0.15) is 11.6 Å². The van der Waals surface area contributed by atoms with Gasteiger partial charge in [0.15, 0.2) is 0 Å². The van der Waals surface area contributed by atoms with Crippen molar-refractivity contribution >= 4 is 26.7 Å². The standard InChI is InChI=1S/C23H18N4O3S/c28-31(29,20-4-2-1-3-5-20)27-19-10-18(12-24-13-19)16-6-7-21-22(11-16)26-23(14-25-21)17-8-9-30-15-17/h1-14,17,27H,15H2. The molecule has 1 aliphatic rings. The van der Waals surface area contributed by atoms with Gasteiger partial charge in [-0.1, -0.05) is 24.3 Å². The number of anilines is 1. The maximum absolute atomic E-state index is 12.6. The zero-order valence-electron chi connectivity index (χ0n) is 16.3. The Kier molecular flexibility index (Phi) is 4.83. The first kappa shape index (κ1) is 19.2. The van der Waals surface area contributed by atoms with E-state index in [4.69, 9.17) is 9.72 Å². The Bertz CT molecular complexity index is 1390. The molecule has 1 unspecified atom stereocenters.